The third-order valence-electron chi connectivity index (χ3n) is 5.59. The molecule has 3 heteroatoms. The predicted octanol–water partition coefficient (Wildman–Crippen LogP) is 4.11. The van der Waals surface area contributed by atoms with Crippen molar-refractivity contribution in [1.82, 2.24) is 0 Å². The second kappa shape index (κ2) is 8.24. The smallest absolute Gasteiger partial charge is 0.423 e. The highest BCUT2D eigenvalue weighted by molar-refractivity contribution is 6.50. The van der Waals surface area contributed by atoms with Crippen LogP contribution in [-0.4, -0.2) is 17.2 Å². The van der Waals surface area contributed by atoms with Gasteiger partial charge in [0.2, 0.25) is 0 Å². The van der Waals surface area contributed by atoms with E-state index in [9.17, 15) is 10.0 Å². The van der Waals surface area contributed by atoms with Gasteiger partial charge in [0.15, 0.2) is 0 Å². The Morgan fingerprint density at radius 1 is 1.05 bits per heavy atom. The van der Waals surface area contributed by atoms with Crippen LogP contribution in [0.15, 0.2) is 11.5 Å². The summed E-state index contributed by atoms with van der Waals surface area (Å²) in [6.07, 6.45) is 16.5. The van der Waals surface area contributed by atoms with Crippen molar-refractivity contribution in [1.29, 1.82) is 0 Å². The molecule has 2 nitrogen and oxygen atoms in total. The molecule has 0 aromatic heterocycles. The molecule has 2 aliphatic rings. The standard InChI is InChI=1S/C17H31BO2/c1-2-3-4-5-14-6-8-15(9-7-14)16-10-12-17(13-11-16)18(19)20/h12,14-16,19-20H,2-11,13H2,1H3/t14?,15?,16-/m1/s1. The van der Waals surface area contributed by atoms with Gasteiger partial charge in [-0.3, -0.25) is 0 Å². The molecule has 0 saturated heterocycles. The first-order valence-electron chi connectivity index (χ1n) is 8.75. The van der Waals surface area contributed by atoms with Crippen molar-refractivity contribution in [2.45, 2.75) is 77.6 Å². The number of allylic oxidation sites excluding steroid dienone is 2. The molecule has 0 heterocycles. The minimum atomic E-state index is -1.22. The lowest BCUT2D eigenvalue weighted by Gasteiger charge is -2.35. The molecular formula is C17H31BO2. The summed E-state index contributed by atoms with van der Waals surface area (Å²) >= 11 is 0. The molecule has 0 aromatic rings. The summed E-state index contributed by atoms with van der Waals surface area (Å²) in [5.74, 6) is 2.69. The number of unbranched alkanes of at least 4 members (excludes halogenated alkanes) is 2. The van der Waals surface area contributed by atoms with E-state index in [4.69, 9.17) is 0 Å². The molecule has 114 valence electrons. The second-order valence-corrected chi connectivity index (χ2v) is 6.96. The van der Waals surface area contributed by atoms with Crippen molar-refractivity contribution in [3.8, 4) is 0 Å². The highest BCUT2D eigenvalue weighted by Crippen LogP contribution is 2.40. The minimum Gasteiger partial charge on any atom is -0.423 e. The lowest BCUT2D eigenvalue weighted by atomic mass is 9.66. The maximum Gasteiger partial charge on any atom is 0.483 e. The molecule has 0 bridgehead atoms. The van der Waals surface area contributed by atoms with E-state index in [1.165, 1.54) is 51.4 Å². The number of hydrogen-bond acceptors (Lipinski definition) is 2. The highest BCUT2D eigenvalue weighted by Gasteiger charge is 2.29. The Morgan fingerprint density at radius 2 is 1.80 bits per heavy atom. The molecule has 2 aliphatic carbocycles. The fraction of sp³-hybridized carbons (Fsp3) is 0.882. The molecule has 2 N–H and O–H groups in total. The largest absolute Gasteiger partial charge is 0.483 e. The van der Waals surface area contributed by atoms with Gasteiger partial charge in [0.25, 0.3) is 0 Å². The summed E-state index contributed by atoms with van der Waals surface area (Å²) < 4.78 is 0. The Bertz CT molecular complexity index is 306. The zero-order valence-electron chi connectivity index (χ0n) is 13.1. The normalized spacial score (nSPS) is 30.9. The van der Waals surface area contributed by atoms with Crippen molar-refractivity contribution >= 4 is 7.12 Å². The number of rotatable bonds is 6. The maximum absolute atomic E-state index is 9.20. The minimum absolute atomic E-state index is 0.800. The zero-order chi connectivity index (χ0) is 14.4. The lowest BCUT2D eigenvalue weighted by Crippen LogP contribution is -2.26. The van der Waals surface area contributed by atoms with E-state index in [-0.39, 0.29) is 0 Å². The van der Waals surface area contributed by atoms with Gasteiger partial charge in [0, 0.05) is 0 Å². The van der Waals surface area contributed by atoms with Crippen LogP contribution in [0.3, 0.4) is 0 Å². The summed E-state index contributed by atoms with van der Waals surface area (Å²) in [7, 11) is -1.22. The van der Waals surface area contributed by atoms with Crippen molar-refractivity contribution in [2.75, 3.05) is 0 Å². The average Bonchev–Trinajstić information content (AvgIpc) is 2.48. The Balaban J connectivity index is 1.69. The van der Waals surface area contributed by atoms with Crippen LogP contribution in [0.5, 0.6) is 0 Å². The van der Waals surface area contributed by atoms with E-state index in [0.717, 1.165) is 42.5 Å². The van der Waals surface area contributed by atoms with Crippen LogP contribution < -0.4 is 0 Å². The van der Waals surface area contributed by atoms with Crippen molar-refractivity contribution < 1.29 is 10.0 Å². The first-order chi connectivity index (χ1) is 9.70. The van der Waals surface area contributed by atoms with E-state index >= 15 is 0 Å². The summed E-state index contributed by atoms with van der Waals surface area (Å²) in [5.41, 5.74) is 0.842. The topological polar surface area (TPSA) is 40.5 Å². The molecule has 1 atom stereocenters. The van der Waals surface area contributed by atoms with Crippen LogP contribution in [0.2, 0.25) is 0 Å². The molecule has 2 rings (SSSR count). The van der Waals surface area contributed by atoms with Gasteiger partial charge in [-0.2, -0.15) is 0 Å². The summed E-state index contributed by atoms with van der Waals surface area (Å²) in [4.78, 5) is 0. The molecule has 0 spiro atoms. The van der Waals surface area contributed by atoms with Gasteiger partial charge in [-0.15, -0.1) is 0 Å². The Labute approximate surface area is 124 Å². The molecule has 1 saturated carbocycles. The summed E-state index contributed by atoms with van der Waals surface area (Å²) in [6.45, 7) is 2.28. The first-order valence-corrected chi connectivity index (χ1v) is 8.75. The molecule has 0 amide bonds. The van der Waals surface area contributed by atoms with Gasteiger partial charge in [-0.25, -0.2) is 0 Å². The SMILES string of the molecule is CCCCCC1CCC([C@@H]2CC=C(B(O)O)CC2)CC1. The van der Waals surface area contributed by atoms with Crippen LogP contribution in [-0.2, 0) is 0 Å². The third-order valence-corrected chi connectivity index (χ3v) is 5.59. The van der Waals surface area contributed by atoms with Crippen LogP contribution in [0, 0.1) is 17.8 Å². The van der Waals surface area contributed by atoms with Gasteiger partial charge in [0.1, 0.15) is 0 Å². The van der Waals surface area contributed by atoms with Crippen molar-refractivity contribution in [3.05, 3.63) is 11.5 Å². The second-order valence-electron chi connectivity index (χ2n) is 6.96. The summed E-state index contributed by atoms with van der Waals surface area (Å²) in [5, 5.41) is 18.4. The third kappa shape index (κ3) is 4.63. The summed E-state index contributed by atoms with van der Waals surface area (Å²) in [6, 6.07) is 0. The molecule has 0 unspecified atom stereocenters. The van der Waals surface area contributed by atoms with E-state index in [0.29, 0.717) is 0 Å². The van der Waals surface area contributed by atoms with Gasteiger partial charge in [-0.1, -0.05) is 51.5 Å². The van der Waals surface area contributed by atoms with Gasteiger partial charge < -0.3 is 10.0 Å². The molecule has 0 radical (unpaired) electrons. The average molecular weight is 278 g/mol. The molecule has 1 fully saturated rings. The molecule has 20 heavy (non-hydrogen) atoms. The number of hydrogen-bond donors (Lipinski definition) is 2. The van der Waals surface area contributed by atoms with E-state index < -0.39 is 7.12 Å². The zero-order valence-corrected chi connectivity index (χ0v) is 13.1. The maximum atomic E-state index is 9.20. The van der Waals surface area contributed by atoms with E-state index in [2.05, 4.69) is 13.0 Å². The molecular weight excluding hydrogens is 247 g/mol. The highest BCUT2D eigenvalue weighted by atomic mass is 16.4. The Kier molecular flexibility index (Phi) is 6.63. The van der Waals surface area contributed by atoms with Crippen molar-refractivity contribution in [3.63, 3.8) is 0 Å². The van der Waals surface area contributed by atoms with Crippen LogP contribution >= 0.6 is 0 Å². The van der Waals surface area contributed by atoms with Gasteiger partial charge in [-0.05, 0) is 55.3 Å². The fourth-order valence-electron chi connectivity index (χ4n) is 4.17. The van der Waals surface area contributed by atoms with Crippen LogP contribution in [0.25, 0.3) is 0 Å². The molecule has 0 aliphatic heterocycles. The Morgan fingerprint density at radius 3 is 2.35 bits per heavy atom. The van der Waals surface area contributed by atoms with E-state index in [1.54, 1.807) is 0 Å². The fourth-order valence-corrected chi connectivity index (χ4v) is 4.17. The monoisotopic (exact) mass is 278 g/mol. The van der Waals surface area contributed by atoms with Gasteiger partial charge >= 0.3 is 7.12 Å². The first kappa shape index (κ1) is 16.1. The van der Waals surface area contributed by atoms with Crippen LogP contribution in [0.4, 0.5) is 0 Å². The lowest BCUT2D eigenvalue weighted by molar-refractivity contribution is 0.185. The van der Waals surface area contributed by atoms with E-state index in [1.807, 2.05) is 0 Å². The van der Waals surface area contributed by atoms with Crippen LogP contribution in [0.1, 0.15) is 77.6 Å². The molecule has 0 aromatic carbocycles. The predicted molar refractivity (Wildman–Crippen MR) is 85.2 cm³/mol. The van der Waals surface area contributed by atoms with Gasteiger partial charge in [0.05, 0.1) is 0 Å². The Hall–Kier alpha value is -0.275. The van der Waals surface area contributed by atoms with Crippen molar-refractivity contribution in [2.24, 2.45) is 17.8 Å². The quantitative estimate of drug-likeness (QED) is 0.567.